The smallest absolute Gasteiger partial charge is 0.180 e. The molecule has 20 heavy (non-hydrogen) atoms. The van der Waals surface area contributed by atoms with Crippen molar-refractivity contribution in [1.29, 1.82) is 0 Å². The molecule has 110 valence electrons. The van der Waals surface area contributed by atoms with Crippen molar-refractivity contribution < 1.29 is 0 Å². The first-order valence-corrected chi connectivity index (χ1v) is 7.51. The quantitative estimate of drug-likeness (QED) is 0.843. The van der Waals surface area contributed by atoms with Crippen LogP contribution in [0.1, 0.15) is 40.0 Å². The number of hydrogen-bond donors (Lipinski definition) is 1. The molecule has 0 aliphatic heterocycles. The van der Waals surface area contributed by atoms with E-state index in [1.54, 1.807) is 0 Å². The van der Waals surface area contributed by atoms with Gasteiger partial charge in [0.05, 0.1) is 6.20 Å². The SMILES string of the molecule is CCCNc1cn2ccnc2c(N(C)C(CC)CC)n1. The lowest BCUT2D eigenvalue weighted by Gasteiger charge is -2.27. The van der Waals surface area contributed by atoms with Gasteiger partial charge < -0.3 is 14.6 Å². The highest BCUT2D eigenvalue weighted by molar-refractivity contribution is 5.66. The van der Waals surface area contributed by atoms with E-state index in [9.17, 15) is 0 Å². The number of rotatable bonds is 7. The Labute approximate surface area is 121 Å². The van der Waals surface area contributed by atoms with Crippen LogP contribution in [0.5, 0.6) is 0 Å². The van der Waals surface area contributed by atoms with E-state index in [-0.39, 0.29) is 0 Å². The fraction of sp³-hybridized carbons (Fsp3) is 0.600. The Balaban J connectivity index is 2.41. The molecule has 0 saturated heterocycles. The molecule has 0 bridgehead atoms. The number of anilines is 2. The Bertz CT molecular complexity index is 544. The second kappa shape index (κ2) is 6.59. The molecule has 0 spiro atoms. The number of nitrogens with one attached hydrogen (secondary N) is 1. The largest absolute Gasteiger partial charge is 0.369 e. The summed E-state index contributed by atoms with van der Waals surface area (Å²) in [6.45, 7) is 7.51. The third kappa shape index (κ3) is 2.86. The average Bonchev–Trinajstić information content (AvgIpc) is 2.93. The summed E-state index contributed by atoms with van der Waals surface area (Å²) in [5.41, 5.74) is 0.918. The molecule has 5 heteroatoms. The molecule has 0 unspecified atom stereocenters. The van der Waals surface area contributed by atoms with Gasteiger partial charge in [0.25, 0.3) is 0 Å². The Morgan fingerprint density at radius 3 is 2.70 bits per heavy atom. The first-order valence-electron chi connectivity index (χ1n) is 7.51. The van der Waals surface area contributed by atoms with Gasteiger partial charge in [0.2, 0.25) is 0 Å². The molecule has 1 N–H and O–H groups in total. The van der Waals surface area contributed by atoms with E-state index in [1.165, 1.54) is 0 Å². The third-order valence-electron chi connectivity index (χ3n) is 3.74. The molecule has 2 aromatic rings. The predicted molar refractivity (Wildman–Crippen MR) is 84.5 cm³/mol. The van der Waals surface area contributed by atoms with Crippen LogP contribution in [0.25, 0.3) is 5.65 Å². The van der Waals surface area contributed by atoms with Gasteiger partial charge in [-0.1, -0.05) is 20.8 Å². The van der Waals surface area contributed by atoms with E-state index in [1.807, 2.05) is 23.0 Å². The van der Waals surface area contributed by atoms with E-state index in [0.717, 1.165) is 43.1 Å². The molecule has 0 aromatic carbocycles. The van der Waals surface area contributed by atoms with Crippen LogP contribution in [-0.4, -0.2) is 34.0 Å². The number of nitrogens with zero attached hydrogens (tertiary/aromatic N) is 4. The van der Waals surface area contributed by atoms with Crippen LogP contribution >= 0.6 is 0 Å². The second-order valence-electron chi connectivity index (χ2n) is 5.12. The molecule has 2 rings (SSSR count). The fourth-order valence-electron chi connectivity index (χ4n) is 2.50. The lowest BCUT2D eigenvalue weighted by molar-refractivity contribution is 0.587. The molecule has 5 nitrogen and oxygen atoms in total. The maximum atomic E-state index is 4.76. The highest BCUT2D eigenvalue weighted by Crippen LogP contribution is 2.23. The van der Waals surface area contributed by atoms with Gasteiger partial charge in [0.1, 0.15) is 5.82 Å². The first kappa shape index (κ1) is 14.6. The van der Waals surface area contributed by atoms with Crippen LogP contribution in [0.3, 0.4) is 0 Å². The van der Waals surface area contributed by atoms with Gasteiger partial charge >= 0.3 is 0 Å². The van der Waals surface area contributed by atoms with Gasteiger partial charge in [-0.05, 0) is 19.3 Å². The van der Waals surface area contributed by atoms with Gasteiger partial charge in [-0.25, -0.2) is 9.97 Å². The Hall–Kier alpha value is -1.78. The van der Waals surface area contributed by atoms with Crippen LogP contribution in [-0.2, 0) is 0 Å². The summed E-state index contributed by atoms with van der Waals surface area (Å²) in [4.78, 5) is 11.5. The van der Waals surface area contributed by atoms with E-state index in [0.29, 0.717) is 6.04 Å². The molecular formula is C15H25N5. The first-order chi connectivity index (χ1) is 9.71. The van der Waals surface area contributed by atoms with Crippen molar-refractivity contribution in [3.8, 4) is 0 Å². The molecule has 0 atom stereocenters. The molecule has 0 aliphatic carbocycles. The van der Waals surface area contributed by atoms with Crippen LogP contribution in [0.4, 0.5) is 11.6 Å². The van der Waals surface area contributed by atoms with Crippen molar-refractivity contribution in [3.05, 3.63) is 18.6 Å². The molecule has 0 saturated carbocycles. The minimum absolute atomic E-state index is 0.490. The van der Waals surface area contributed by atoms with Crippen molar-refractivity contribution in [1.82, 2.24) is 14.4 Å². The molecular weight excluding hydrogens is 250 g/mol. The Kier molecular flexibility index (Phi) is 4.82. The highest BCUT2D eigenvalue weighted by atomic mass is 15.2. The molecule has 0 fully saturated rings. The highest BCUT2D eigenvalue weighted by Gasteiger charge is 2.17. The van der Waals surface area contributed by atoms with E-state index in [2.05, 4.69) is 43.0 Å². The maximum Gasteiger partial charge on any atom is 0.180 e. The van der Waals surface area contributed by atoms with Crippen LogP contribution < -0.4 is 10.2 Å². The summed E-state index contributed by atoms with van der Waals surface area (Å²) < 4.78 is 2.04. The van der Waals surface area contributed by atoms with E-state index >= 15 is 0 Å². The van der Waals surface area contributed by atoms with Crippen molar-refractivity contribution in [2.45, 2.75) is 46.1 Å². The summed E-state index contributed by atoms with van der Waals surface area (Å²) in [5, 5.41) is 3.36. The average molecular weight is 275 g/mol. The minimum Gasteiger partial charge on any atom is -0.369 e. The molecule has 2 aromatic heterocycles. The monoisotopic (exact) mass is 275 g/mol. The van der Waals surface area contributed by atoms with Gasteiger partial charge in [0, 0.05) is 32.0 Å². The van der Waals surface area contributed by atoms with Crippen LogP contribution in [0, 0.1) is 0 Å². The fourth-order valence-corrected chi connectivity index (χ4v) is 2.50. The third-order valence-corrected chi connectivity index (χ3v) is 3.74. The summed E-state index contributed by atoms with van der Waals surface area (Å²) in [6, 6.07) is 0.490. The Morgan fingerprint density at radius 2 is 2.05 bits per heavy atom. The van der Waals surface area contributed by atoms with Crippen LogP contribution in [0.2, 0.25) is 0 Å². The lowest BCUT2D eigenvalue weighted by atomic mass is 10.1. The van der Waals surface area contributed by atoms with E-state index in [4.69, 9.17) is 4.98 Å². The summed E-state index contributed by atoms with van der Waals surface area (Å²) >= 11 is 0. The second-order valence-corrected chi connectivity index (χ2v) is 5.12. The number of imidazole rings is 1. The molecule has 0 amide bonds. The number of aromatic nitrogens is 3. The lowest BCUT2D eigenvalue weighted by Crippen LogP contribution is -2.31. The van der Waals surface area contributed by atoms with Crippen molar-refractivity contribution >= 4 is 17.3 Å². The molecule has 0 radical (unpaired) electrons. The zero-order valence-electron chi connectivity index (χ0n) is 12.9. The standard InChI is InChI=1S/C15H25N5/c1-5-8-16-13-11-20-10-9-17-14(20)15(18-13)19(4)12(6-2)7-3/h9-12,16H,5-8H2,1-4H3. The predicted octanol–water partition coefficient (Wildman–Crippen LogP) is 3.18. The summed E-state index contributed by atoms with van der Waals surface area (Å²) in [5.74, 6) is 1.86. The van der Waals surface area contributed by atoms with Gasteiger partial charge in [-0.15, -0.1) is 0 Å². The zero-order valence-corrected chi connectivity index (χ0v) is 12.9. The summed E-state index contributed by atoms with van der Waals surface area (Å²) in [7, 11) is 2.11. The number of fused-ring (bicyclic) bond motifs is 1. The minimum atomic E-state index is 0.490. The topological polar surface area (TPSA) is 45.5 Å². The van der Waals surface area contributed by atoms with Gasteiger partial charge in [-0.2, -0.15) is 0 Å². The van der Waals surface area contributed by atoms with Gasteiger partial charge in [-0.3, -0.25) is 0 Å². The van der Waals surface area contributed by atoms with Gasteiger partial charge in [0.15, 0.2) is 11.5 Å². The zero-order chi connectivity index (χ0) is 14.5. The van der Waals surface area contributed by atoms with Crippen molar-refractivity contribution in [2.75, 3.05) is 23.8 Å². The summed E-state index contributed by atoms with van der Waals surface area (Å²) in [6.07, 6.45) is 9.09. The van der Waals surface area contributed by atoms with Crippen molar-refractivity contribution in [3.63, 3.8) is 0 Å². The Morgan fingerprint density at radius 1 is 1.30 bits per heavy atom. The normalized spacial score (nSPS) is 11.2. The van der Waals surface area contributed by atoms with Crippen LogP contribution in [0.15, 0.2) is 18.6 Å². The maximum absolute atomic E-state index is 4.76. The van der Waals surface area contributed by atoms with E-state index < -0.39 is 0 Å². The number of hydrogen-bond acceptors (Lipinski definition) is 4. The van der Waals surface area contributed by atoms with Crippen molar-refractivity contribution in [2.24, 2.45) is 0 Å². The molecule has 2 heterocycles. The molecule has 0 aliphatic rings.